The molecule has 730 valence electrons. The molecule has 1 aromatic heterocycles. The Balaban J connectivity index is 1.10. The van der Waals surface area contributed by atoms with Gasteiger partial charge in [-0.15, -0.1) is 0 Å². The summed E-state index contributed by atoms with van der Waals surface area (Å²) in [7, 11) is 0. The number of aromatic amines is 1. The zero-order chi connectivity index (χ0) is 99.2. The number of nitro benzene ring substituents is 1. The lowest BCUT2D eigenvalue weighted by Gasteiger charge is -2.33. The van der Waals surface area contributed by atoms with Crippen molar-refractivity contribution in [1.29, 1.82) is 0 Å². The molecule has 0 radical (unpaired) electrons. The van der Waals surface area contributed by atoms with Crippen molar-refractivity contribution in [3.05, 3.63) is 130 Å². The minimum atomic E-state index is -1.86. The summed E-state index contributed by atoms with van der Waals surface area (Å²) in [5, 5.41) is 66.8. The average molecular weight is 1910 g/mol. The number of primary amides is 2. The molecule has 0 bridgehead atoms. The lowest BCUT2D eigenvalue weighted by atomic mass is 9.99. The van der Waals surface area contributed by atoms with Gasteiger partial charge in [-0.1, -0.05) is 86.6 Å². The first-order valence-electron chi connectivity index (χ1n) is 42.9. The van der Waals surface area contributed by atoms with Crippen molar-refractivity contribution >= 4 is 149 Å². The van der Waals surface area contributed by atoms with Crippen molar-refractivity contribution in [1.82, 2.24) is 94.2 Å². The number of aliphatic carboxylic acids is 1. The number of thiol groups is 2. The number of nitro groups is 1. The van der Waals surface area contributed by atoms with Crippen LogP contribution in [0.5, 0.6) is 0 Å². The van der Waals surface area contributed by atoms with Gasteiger partial charge in [-0.25, -0.2) is 9.78 Å². The highest BCUT2D eigenvalue weighted by molar-refractivity contribution is 7.81. The van der Waals surface area contributed by atoms with E-state index < -0.39 is 245 Å². The summed E-state index contributed by atoms with van der Waals surface area (Å²) >= 11 is 8.81. The van der Waals surface area contributed by atoms with Gasteiger partial charge >= 0.3 is 5.97 Å². The van der Waals surface area contributed by atoms with Crippen LogP contribution >= 0.6 is 25.3 Å². The van der Waals surface area contributed by atoms with Gasteiger partial charge in [-0.05, 0) is 94.7 Å². The number of nitrogens with one attached hydrogen (secondary N) is 15. The fraction of sp³-hybridized carbons (Fsp3) is 0.512. The molecule has 0 unspecified atom stereocenters. The largest absolute Gasteiger partial charge is 0.480 e. The number of hydrogen-bond acceptors (Lipinski definition) is 27. The van der Waals surface area contributed by atoms with E-state index >= 15 is 0 Å². The van der Waals surface area contributed by atoms with Gasteiger partial charge in [0.15, 0.2) is 5.96 Å². The van der Waals surface area contributed by atoms with Gasteiger partial charge in [-0.3, -0.25) is 101 Å². The summed E-state index contributed by atoms with van der Waals surface area (Å²) in [6.07, 6.45) is -0.572. The van der Waals surface area contributed by atoms with Crippen LogP contribution < -0.4 is 103 Å². The number of carboxylic acid groups (broad SMARTS) is 1. The average Bonchev–Trinajstić information content (AvgIpc) is 1.76. The van der Waals surface area contributed by atoms with Crippen LogP contribution in [-0.2, 0) is 117 Å². The zero-order valence-electron chi connectivity index (χ0n) is 74.4. The molecule has 2 fully saturated rings. The second-order valence-electron chi connectivity index (χ2n) is 33.0. The summed E-state index contributed by atoms with van der Waals surface area (Å²) in [6, 6.07) is 2.14. The lowest BCUT2D eigenvalue weighted by molar-refractivity contribution is -0.384. The van der Waals surface area contributed by atoms with Gasteiger partial charge in [0.25, 0.3) is 5.69 Å². The van der Waals surface area contributed by atoms with Crippen LogP contribution in [0.25, 0.3) is 0 Å². The molecule has 3 heterocycles. The van der Waals surface area contributed by atoms with E-state index in [9.17, 15) is 111 Å². The Labute approximate surface area is 780 Å². The van der Waals surface area contributed by atoms with Crippen LogP contribution in [0.15, 0.2) is 102 Å². The molecule has 0 spiro atoms. The van der Waals surface area contributed by atoms with Crippen LogP contribution in [0.1, 0.15) is 121 Å². The Kier molecular flexibility index (Phi) is 43.5. The molecule has 2 aliphatic rings. The molecule has 0 saturated carbocycles. The second kappa shape index (κ2) is 53.6. The third kappa shape index (κ3) is 36.3. The number of imidazole rings is 1. The lowest BCUT2D eigenvalue weighted by Crippen LogP contribution is -2.64. The minimum absolute atomic E-state index is 0.0120. The van der Waals surface area contributed by atoms with E-state index in [0.29, 0.717) is 23.1 Å². The highest BCUT2D eigenvalue weighted by Crippen LogP contribution is 2.24. The van der Waals surface area contributed by atoms with Crippen LogP contribution in [-0.4, -0.2) is 294 Å². The Morgan fingerprint density at radius 2 is 1.04 bits per heavy atom. The molecule has 2 aliphatic heterocycles. The van der Waals surface area contributed by atoms with E-state index in [4.69, 9.17) is 28.7 Å². The van der Waals surface area contributed by atoms with E-state index in [-0.39, 0.29) is 120 Å². The van der Waals surface area contributed by atoms with Crippen molar-refractivity contribution < 1.29 is 106 Å². The number of amides is 18. The van der Waals surface area contributed by atoms with E-state index in [0.717, 1.165) is 28.9 Å². The fourth-order valence-corrected chi connectivity index (χ4v) is 14.7. The van der Waals surface area contributed by atoms with Gasteiger partial charge in [-0.2, -0.15) is 25.3 Å². The summed E-state index contributed by atoms with van der Waals surface area (Å²) in [6.45, 7) is 4.22. The second-order valence-corrected chi connectivity index (χ2v) is 34.5. The standard InChI is InChI=1S/C84H119N25O23S2/c1-44(2)31-53(74(121)103-58(34-48-22-24-50(25-23-48)109(131)132)81(128)108-30-13-20-60(108)78(125)104-59(42-133)77(124)102-57(36-63(87)112)72(119)95-41-67(116)107-29-14-21-61(107)82(129)130)97-65(114)39-92-64(113)38-93-71(118)54(32-46-15-8-6-9-16-46)100-75(122)56(35-49-37-90-43-96-49)98-66(115)40-94-79(126)68(45(3)110)105-80(127)69(84(4,5)134)106-76(123)55(33-47-17-10-7-11-18-47)101-73(120)52(19-12-28-91-83(88)89)99-70(117)51(85)26-27-62(86)111/h6-11,15-18,22-25,37,43-45,51-61,68-69,110,133-134H,12-14,19-21,26-36,38-42,85H2,1-5H3,(H2,86,111)(H2,87,112)(H,90,96)(H,92,113)(H,93,118)(H,94,126)(H,95,119)(H,97,114)(H,98,115)(H,99,117)(H,100,122)(H,101,120)(H,102,124)(H,103,121)(H,104,125)(H,105,127)(H,106,123)(H,129,130)(H4,88,89,91)/t45-,51+,52+,53+,54+,55+,56+,57+,58+,59+,60+,61+,68+,69-/m1/s1. The Morgan fingerprint density at radius 1 is 0.545 bits per heavy atom. The maximum absolute atomic E-state index is 14.9. The van der Waals surface area contributed by atoms with Crippen molar-refractivity contribution in [3.63, 3.8) is 0 Å². The quantitative estimate of drug-likeness (QED) is 0.00488. The highest BCUT2D eigenvalue weighted by atomic mass is 32.1. The SMILES string of the molecule is CC(C)C[C@H](NC(=O)CNC(=O)CNC(=O)[C@H](Cc1ccccc1)NC(=O)[C@H](Cc1cnc[nH]1)NC(=O)CNC(=O)[C@@H](NC(=O)[C@@H](NC(=O)[C@H](Cc1ccccc1)NC(=O)[C@H](CCCN=C(N)N)NC(=O)[C@@H](N)CCC(N)=O)C(C)(C)S)[C@@H](C)O)C(=O)N[C@@H](Cc1ccc([N+](=O)[O-])cc1)C(=O)N1CCC[C@H]1C(=O)N[C@@H](CS)C(=O)N[C@@H](CC(N)=O)C(=O)NCC(=O)N1CCC[C@H]1C(=O)O. The first kappa shape index (κ1) is 109. The number of carboxylic acids is 1. The van der Waals surface area contributed by atoms with Crippen molar-refractivity contribution in [2.45, 2.75) is 214 Å². The number of aliphatic imine (C=N–C) groups is 1. The number of H-pyrrole nitrogens is 1. The molecule has 14 atom stereocenters. The maximum atomic E-state index is 14.9. The fourth-order valence-electron chi connectivity index (χ4n) is 14.2. The van der Waals surface area contributed by atoms with Gasteiger partial charge in [0, 0.05) is 86.3 Å². The van der Waals surface area contributed by atoms with Crippen LogP contribution in [0.2, 0.25) is 0 Å². The van der Waals surface area contributed by atoms with Gasteiger partial charge in [0.05, 0.1) is 56.0 Å². The highest BCUT2D eigenvalue weighted by Gasteiger charge is 2.44. The van der Waals surface area contributed by atoms with E-state index in [2.05, 4.69) is 115 Å². The molecule has 4 aromatic rings. The zero-order valence-corrected chi connectivity index (χ0v) is 76.2. The third-order valence-electron chi connectivity index (χ3n) is 21.2. The first-order chi connectivity index (χ1) is 63.3. The number of aliphatic hydroxyl groups is 1. The molecule has 6 rings (SSSR count). The first-order valence-corrected chi connectivity index (χ1v) is 44.0. The topological polar surface area (TPSA) is 754 Å². The summed E-state index contributed by atoms with van der Waals surface area (Å²) in [5.41, 5.74) is 28.9. The normalized spacial score (nSPS) is 16.1. The van der Waals surface area contributed by atoms with Crippen molar-refractivity contribution in [2.24, 2.45) is 39.6 Å². The number of likely N-dealkylation sites (tertiary alicyclic amines) is 2. The number of carbonyl (C=O) groups excluding carboxylic acids is 18. The molecular weight excluding hydrogens is 1790 g/mol. The maximum Gasteiger partial charge on any atom is 0.326 e. The molecule has 50 heteroatoms. The van der Waals surface area contributed by atoms with Crippen LogP contribution in [0.4, 0.5) is 5.69 Å². The number of benzene rings is 3. The third-order valence-corrected chi connectivity index (χ3v) is 21.8. The number of nitrogens with two attached hydrogens (primary N) is 5. The number of aliphatic hydroxyl groups excluding tert-OH is 1. The molecule has 2 saturated heterocycles. The Morgan fingerprint density at radius 3 is 1.59 bits per heavy atom. The van der Waals surface area contributed by atoms with E-state index in [1.54, 1.807) is 74.5 Å². The number of hydrogen-bond donors (Lipinski definition) is 24. The number of non-ortho nitro benzene ring substituents is 1. The van der Waals surface area contributed by atoms with Crippen LogP contribution in [0, 0.1) is 16.0 Å². The molecule has 48 nitrogen and oxygen atoms in total. The van der Waals surface area contributed by atoms with Gasteiger partial charge in [0.2, 0.25) is 106 Å². The molecule has 0 aliphatic carbocycles. The minimum Gasteiger partial charge on any atom is -0.480 e. The predicted molar refractivity (Wildman–Crippen MR) is 486 cm³/mol. The molecule has 18 amide bonds. The molecule has 134 heavy (non-hydrogen) atoms. The Hall–Kier alpha value is -13.9. The summed E-state index contributed by atoms with van der Waals surface area (Å²) in [4.78, 5) is 283. The number of guanidine groups is 1. The van der Waals surface area contributed by atoms with E-state index in [1.165, 1.54) is 38.5 Å². The van der Waals surface area contributed by atoms with Crippen molar-refractivity contribution in [2.75, 3.05) is 51.6 Å². The number of rotatable bonds is 54. The number of carbonyl (C=O) groups is 19. The molecular formula is C84H119N25O23S2. The van der Waals surface area contributed by atoms with Crippen LogP contribution in [0.3, 0.4) is 0 Å². The number of aromatic nitrogens is 2. The van der Waals surface area contributed by atoms with E-state index in [1.807, 2.05) is 0 Å². The summed E-state index contributed by atoms with van der Waals surface area (Å²) in [5.74, 6) is -19.3. The molecule has 27 N–H and O–H groups in total. The van der Waals surface area contributed by atoms with Gasteiger partial charge in [0.1, 0.15) is 72.5 Å². The van der Waals surface area contributed by atoms with Crippen molar-refractivity contribution in [3.8, 4) is 0 Å². The monoisotopic (exact) mass is 1910 g/mol. The molecule has 3 aromatic carbocycles. The summed E-state index contributed by atoms with van der Waals surface area (Å²) < 4.78 is -1.48. The predicted octanol–water partition coefficient (Wildman–Crippen LogP) is -7.45. The Bertz CT molecular complexity index is 4840. The van der Waals surface area contributed by atoms with Gasteiger partial charge < -0.3 is 128 Å². The number of nitrogens with zero attached hydrogens (tertiary/aromatic N) is 5. The smallest absolute Gasteiger partial charge is 0.326 e.